The molecule has 2 rings (SSSR count). The molecule has 2 N–H and O–H groups in total. The van der Waals surface area contributed by atoms with Crippen molar-refractivity contribution in [1.82, 2.24) is 15.1 Å². The van der Waals surface area contributed by atoms with Crippen LogP contribution in [-0.4, -0.2) is 26.8 Å². The highest BCUT2D eigenvalue weighted by atomic mass is 16.4. The summed E-state index contributed by atoms with van der Waals surface area (Å²) in [5, 5.41) is 16.3. The molecule has 128 valence electrons. The number of carboxylic acid groups (broad SMARTS) is 1. The third kappa shape index (κ3) is 3.82. The van der Waals surface area contributed by atoms with Gasteiger partial charge < -0.3 is 10.4 Å². The van der Waals surface area contributed by atoms with E-state index in [1.165, 1.54) is 0 Å². The molecule has 1 aromatic heterocycles. The first kappa shape index (κ1) is 17.7. The number of carbonyl (C=O) groups is 2. The molecule has 1 heterocycles. The maximum Gasteiger partial charge on any atom is 0.330 e. The van der Waals surface area contributed by atoms with Crippen LogP contribution in [0.5, 0.6) is 0 Å². The summed E-state index contributed by atoms with van der Waals surface area (Å²) in [6.07, 6.45) is 0. The summed E-state index contributed by atoms with van der Waals surface area (Å²) in [5.74, 6) is -1.38. The Kier molecular flexibility index (Phi) is 5.07. The zero-order valence-corrected chi connectivity index (χ0v) is 14.6. The number of aryl methyl sites for hydroxylation is 3. The maximum atomic E-state index is 12.4. The monoisotopic (exact) mass is 329 g/mol. The van der Waals surface area contributed by atoms with Crippen molar-refractivity contribution in [2.45, 2.75) is 39.7 Å². The molecule has 1 amide bonds. The van der Waals surface area contributed by atoms with Gasteiger partial charge in [0, 0.05) is 12.7 Å². The maximum absolute atomic E-state index is 12.4. The zero-order chi connectivity index (χ0) is 18.0. The van der Waals surface area contributed by atoms with E-state index >= 15 is 0 Å². The van der Waals surface area contributed by atoms with Gasteiger partial charge in [0.05, 0.1) is 0 Å². The smallest absolute Gasteiger partial charge is 0.330 e. The average molecular weight is 329 g/mol. The molecule has 2 aromatic rings. The van der Waals surface area contributed by atoms with Crippen LogP contribution < -0.4 is 5.32 Å². The number of hydrogen-bond donors (Lipinski definition) is 2. The molecule has 0 spiro atoms. The highest BCUT2D eigenvalue weighted by Gasteiger charge is 2.25. The van der Waals surface area contributed by atoms with Crippen LogP contribution >= 0.6 is 0 Å². The van der Waals surface area contributed by atoms with Gasteiger partial charge in [0.2, 0.25) is 0 Å². The van der Waals surface area contributed by atoms with Crippen LogP contribution in [0.25, 0.3) is 0 Å². The van der Waals surface area contributed by atoms with Crippen molar-refractivity contribution < 1.29 is 14.7 Å². The van der Waals surface area contributed by atoms with Gasteiger partial charge in [-0.15, -0.1) is 0 Å². The highest BCUT2D eigenvalue weighted by molar-refractivity contribution is 5.95. The van der Waals surface area contributed by atoms with Crippen LogP contribution in [0.2, 0.25) is 0 Å². The zero-order valence-electron chi connectivity index (χ0n) is 14.6. The number of carbonyl (C=O) groups excluding carboxylic acids is 1. The topological polar surface area (TPSA) is 84.2 Å². The second kappa shape index (κ2) is 6.86. The van der Waals surface area contributed by atoms with Gasteiger partial charge in [-0.05, 0) is 31.4 Å². The first-order valence-electron chi connectivity index (χ1n) is 7.85. The van der Waals surface area contributed by atoms with Crippen LogP contribution in [0.4, 0.5) is 0 Å². The molecule has 6 nitrogen and oxygen atoms in total. The lowest BCUT2D eigenvalue weighted by molar-refractivity contribution is -0.139. The molecule has 0 radical (unpaired) electrons. The van der Waals surface area contributed by atoms with Crippen molar-refractivity contribution in [2.24, 2.45) is 7.05 Å². The normalized spacial score (nSPS) is 12.2. The lowest BCUT2D eigenvalue weighted by Crippen LogP contribution is -2.34. The number of amides is 1. The van der Waals surface area contributed by atoms with E-state index in [0.29, 0.717) is 5.56 Å². The highest BCUT2D eigenvalue weighted by Crippen LogP contribution is 2.19. The second-order valence-electron chi connectivity index (χ2n) is 6.40. The Morgan fingerprint density at radius 3 is 2.17 bits per heavy atom. The van der Waals surface area contributed by atoms with Gasteiger partial charge in [0.1, 0.15) is 5.69 Å². The summed E-state index contributed by atoms with van der Waals surface area (Å²) >= 11 is 0. The lowest BCUT2D eigenvalue weighted by Gasteiger charge is -2.15. The first-order chi connectivity index (χ1) is 11.2. The van der Waals surface area contributed by atoms with Crippen LogP contribution in [0.3, 0.4) is 0 Å². The van der Waals surface area contributed by atoms with Crippen LogP contribution in [-0.2, 0) is 11.8 Å². The molecule has 0 fully saturated rings. The summed E-state index contributed by atoms with van der Waals surface area (Å²) < 4.78 is 1.65. The van der Waals surface area contributed by atoms with Gasteiger partial charge >= 0.3 is 5.97 Å². The fourth-order valence-corrected chi connectivity index (χ4v) is 2.80. The Morgan fingerprint density at radius 2 is 1.71 bits per heavy atom. The lowest BCUT2D eigenvalue weighted by atomic mass is 10.0. The molecule has 1 unspecified atom stereocenters. The van der Waals surface area contributed by atoms with E-state index in [2.05, 4.69) is 10.4 Å². The fourth-order valence-electron chi connectivity index (χ4n) is 2.80. The molecule has 0 bridgehead atoms. The Balaban J connectivity index is 2.29. The molecular weight excluding hydrogens is 306 g/mol. The summed E-state index contributed by atoms with van der Waals surface area (Å²) in [5.41, 5.74) is 3.58. The van der Waals surface area contributed by atoms with Gasteiger partial charge in [-0.2, -0.15) is 5.10 Å². The Hall–Kier alpha value is -2.63. The summed E-state index contributed by atoms with van der Waals surface area (Å²) in [6, 6.07) is 6.08. The number of nitrogens with zero attached hydrogens (tertiary/aromatic N) is 2. The number of hydrogen-bond acceptors (Lipinski definition) is 3. The molecule has 1 atom stereocenters. The van der Waals surface area contributed by atoms with Crippen LogP contribution in [0.15, 0.2) is 24.3 Å². The van der Waals surface area contributed by atoms with Crippen molar-refractivity contribution >= 4 is 11.9 Å². The molecule has 1 aromatic carbocycles. The van der Waals surface area contributed by atoms with Crippen molar-refractivity contribution in [1.29, 1.82) is 0 Å². The first-order valence-corrected chi connectivity index (χ1v) is 7.85. The van der Waals surface area contributed by atoms with Crippen molar-refractivity contribution in [3.8, 4) is 0 Å². The molecule has 0 saturated carbocycles. The second-order valence-corrected chi connectivity index (χ2v) is 6.40. The van der Waals surface area contributed by atoms with Crippen LogP contribution in [0, 0.1) is 13.8 Å². The molecular formula is C18H23N3O3. The van der Waals surface area contributed by atoms with Gasteiger partial charge in [0.25, 0.3) is 5.91 Å². The Morgan fingerprint density at radius 1 is 1.12 bits per heavy atom. The standard InChI is InChI=1S/C18H23N3O3/c1-10(2)15-9-14(20-21(15)5)17(22)19-16(18(23)24)13-7-11(3)6-12(4)8-13/h6-10,16H,1-5H3,(H,19,22)(H,23,24). The van der Waals surface area contributed by atoms with E-state index in [1.807, 2.05) is 33.8 Å². The van der Waals surface area contributed by atoms with E-state index in [4.69, 9.17) is 0 Å². The Labute approximate surface area is 141 Å². The molecule has 6 heteroatoms. The quantitative estimate of drug-likeness (QED) is 0.883. The predicted molar refractivity (Wildman–Crippen MR) is 91.1 cm³/mol. The van der Waals surface area contributed by atoms with E-state index in [-0.39, 0.29) is 11.6 Å². The number of rotatable bonds is 5. The minimum atomic E-state index is -1.11. The van der Waals surface area contributed by atoms with Gasteiger partial charge in [0.15, 0.2) is 6.04 Å². The number of nitrogens with one attached hydrogen (secondary N) is 1. The van der Waals surface area contributed by atoms with Crippen molar-refractivity contribution in [3.05, 3.63) is 52.3 Å². The summed E-state index contributed by atoms with van der Waals surface area (Å²) in [7, 11) is 1.77. The number of benzene rings is 1. The SMILES string of the molecule is Cc1cc(C)cc(C(NC(=O)c2cc(C(C)C)n(C)n2)C(=O)O)c1. The van der Waals surface area contributed by atoms with E-state index in [1.54, 1.807) is 29.9 Å². The predicted octanol–water partition coefficient (Wildman–Crippen LogP) is 2.72. The van der Waals surface area contributed by atoms with Crippen molar-refractivity contribution in [2.75, 3.05) is 0 Å². The van der Waals surface area contributed by atoms with Gasteiger partial charge in [-0.25, -0.2) is 4.79 Å². The summed E-state index contributed by atoms with van der Waals surface area (Å²) in [6.45, 7) is 7.80. The minimum Gasteiger partial charge on any atom is -0.479 e. The van der Waals surface area contributed by atoms with Crippen LogP contribution in [0.1, 0.15) is 58.7 Å². The largest absolute Gasteiger partial charge is 0.479 e. The molecule has 0 saturated heterocycles. The molecule has 0 aliphatic rings. The fraction of sp³-hybridized carbons (Fsp3) is 0.389. The number of aromatic nitrogens is 2. The molecule has 0 aliphatic carbocycles. The van der Waals surface area contributed by atoms with Crippen molar-refractivity contribution in [3.63, 3.8) is 0 Å². The van der Waals surface area contributed by atoms with E-state index in [0.717, 1.165) is 16.8 Å². The molecule has 0 aliphatic heterocycles. The average Bonchev–Trinajstić information content (AvgIpc) is 2.85. The van der Waals surface area contributed by atoms with Gasteiger partial charge in [-0.1, -0.05) is 43.2 Å². The minimum absolute atomic E-state index is 0.219. The summed E-state index contributed by atoms with van der Waals surface area (Å²) in [4.78, 5) is 24.1. The Bertz CT molecular complexity index is 758. The van der Waals surface area contributed by atoms with Gasteiger partial charge in [-0.3, -0.25) is 9.48 Å². The number of aliphatic carboxylic acids is 1. The van der Waals surface area contributed by atoms with E-state index < -0.39 is 17.9 Å². The third-order valence-electron chi connectivity index (χ3n) is 3.84. The number of carboxylic acids is 1. The third-order valence-corrected chi connectivity index (χ3v) is 3.84. The molecule has 24 heavy (non-hydrogen) atoms. The van der Waals surface area contributed by atoms with E-state index in [9.17, 15) is 14.7 Å².